The van der Waals surface area contributed by atoms with Crippen LogP contribution in [-0.4, -0.2) is 67.4 Å². The molecular weight excluding hydrogens is 268 g/mol. The monoisotopic (exact) mass is 288 g/mol. The molecule has 0 aliphatic carbocycles. The Bertz CT molecular complexity index is 352. The maximum Gasteiger partial charge on any atom is 0.329 e. The summed E-state index contributed by atoms with van der Waals surface area (Å²) in [6.07, 6.45) is 1.24. The first-order chi connectivity index (χ1) is 9.52. The topological polar surface area (TPSA) is 105 Å². The molecule has 0 unspecified atom stereocenters. The Kier molecular flexibility index (Phi) is 6.78. The zero-order valence-corrected chi connectivity index (χ0v) is 11.5. The van der Waals surface area contributed by atoms with E-state index in [0.29, 0.717) is 25.9 Å². The molecule has 0 spiro atoms. The number of ether oxygens (including phenoxy) is 2. The number of carbonyl (C=O) groups is 3. The summed E-state index contributed by atoms with van der Waals surface area (Å²) < 4.78 is 9.65. The van der Waals surface area contributed by atoms with Crippen molar-refractivity contribution in [2.24, 2.45) is 0 Å². The maximum atomic E-state index is 11.8. The van der Waals surface area contributed by atoms with Crippen molar-refractivity contribution in [3.8, 4) is 0 Å². The van der Waals surface area contributed by atoms with Gasteiger partial charge in [-0.3, -0.25) is 4.79 Å². The first-order valence-electron chi connectivity index (χ1n) is 6.46. The Morgan fingerprint density at radius 2 is 1.95 bits per heavy atom. The second-order valence-corrected chi connectivity index (χ2v) is 4.45. The number of hydrogen-bond donors (Lipinski definition) is 2. The Balaban J connectivity index is 2.18. The zero-order chi connectivity index (χ0) is 15.0. The highest BCUT2D eigenvalue weighted by atomic mass is 16.5. The fourth-order valence-electron chi connectivity index (χ4n) is 1.90. The number of urea groups is 1. The number of hydrogen-bond acceptors (Lipinski definition) is 5. The first-order valence-corrected chi connectivity index (χ1v) is 6.46. The van der Waals surface area contributed by atoms with Crippen molar-refractivity contribution in [1.29, 1.82) is 0 Å². The van der Waals surface area contributed by atoms with Crippen LogP contribution in [0.3, 0.4) is 0 Å². The van der Waals surface area contributed by atoms with Gasteiger partial charge in [-0.15, -0.1) is 0 Å². The van der Waals surface area contributed by atoms with Gasteiger partial charge in [-0.1, -0.05) is 0 Å². The van der Waals surface area contributed by atoms with Crippen molar-refractivity contribution in [3.05, 3.63) is 0 Å². The minimum atomic E-state index is -0.993. The molecule has 1 rings (SSSR count). The van der Waals surface area contributed by atoms with Crippen LogP contribution in [0.2, 0.25) is 0 Å². The van der Waals surface area contributed by atoms with E-state index < -0.39 is 5.97 Å². The molecule has 2 N–H and O–H groups in total. The summed E-state index contributed by atoms with van der Waals surface area (Å²) in [5.41, 5.74) is 0. The van der Waals surface area contributed by atoms with Crippen LogP contribution in [-0.2, 0) is 19.1 Å². The van der Waals surface area contributed by atoms with Crippen molar-refractivity contribution < 1.29 is 29.0 Å². The molecular formula is C12H20N2O6. The highest BCUT2D eigenvalue weighted by Crippen LogP contribution is 2.13. The number of nitrogens with zero attached hydrogens (tertiary/aromatic N) is 1. The summed E-state index contributed by atoms with van der Waals surface area (Å²) in [5.74, 6) is -1.36. The number of esters is 1. The normalized spacial score (nSPS) is 15.8. The lowest BCUT2D eigenvalue weighted by Crippen LogP contribution is -2.46. The summed E-state index contributed by atoms with van der Waals surface area (Å²) in [7, 11) is 1.30. The van der Waals surface area contributed by atoms with Gasteiger partial charge in [0.2, 0.25) is 0 Å². The molecule has 0 saturated carbocycles. The number of rotatable bonds is 6. The lowest BCUT2D eigenvalue weighted by molar-refractivity contribution is -0.145. The second-order valence-electron chi connectivity index (χ2n) is 4.45. The van der Waals surface area contributed by atoms with E-state index in [2.05, 4.69) is 10.1 Å². The van der Waals surface area contributed by atoms with Crippen molar-refractivity contribution in [2.75, 3.05) is 33.4 Å². The van der Waals surface area contributed by atoms with Gasteiger partial charge in [0.1, 0.15) is 6.61 Å². The molecule has 8 nitrogen and oxygen atoms in total. The van der Waals surface area contributed by atoms with Crippen LogP contribution in [0, 0.1) is 0 Å². The number of carbonyl (C=O) groups excluding carboxylic acids is 2. The van der Waals surface area contributed by atoms with Gasteiger partial charge in [0, 0.05) is 19.6 Å². The third kappa shape index (κ3) is 5.87. The SMILES string of the molecule is COC(=O)CCNC(=O)N1CCC(OCC(=O)O)CC1. The first kappa shape index (κ1) is 16.2. The van der Waals surface area contributed by atoms with Crippen LogP contribution in [0.15, 0.2) is 0 Å². The molecule has 1 aliphatic rings. The summed E-state index contributed by atoms with van der Waals surface area (Å²) in [6.45, 7) is 0.944. The Labute approximate surface area is 117 Å². The summed E-state index contributed by atoms with van der Waals surface area (Å²) in [6, 6.07) is -0.231. The van der Waals surface area contributed by atoms with Crippen molar-refractivity contribution in [1.82, 2.24) is 10.2 Å². The third-order valence-corrected chi connectivity index (χ3v) is 3.00. The maximum absolute atomic E-state index is 11.8. The van der Waals surface area contributed by atoms with Gasteiger partial charge in [0.25, 0.3) is 0 Å². The summed E-state index contributed by atoms with van der Waals surface area (Å²) >= 11 is 0. The van der Waals surface area contributed by atoms with E-state index in [1.54, 1.807) is 4.90 Å². The second kappa shape index (κ2) is 8.36. The standard InChI is InChI=1S/C12H20N2O6/c1-19-11(17)2-5-13-12(18)14-6-3-9(4-7-14)20-8-10(15)16/h9H,2-8H2,1H3,(H,13,18)(H,15,16). The molecule has 20 heavy (non-hydrogen) atoms. The molecule has 0 radical (unpaired) electrons. The van der Waals surface area contributed by atoms with E-state index >= 15 is 0 Å². The van der Waals surface area contributed by atoms with Crippen LogP contribution in [0.5, 0.6) is 0 Å². The van der Waals surface area contributed by atoms with Gasteiger partial charge in [-0.25, -0.2) is 9.59 Å². The number of nitrogens with one attached hydrogen (secondary N) is 1. The van der Waals surface area contributed by atoms with Crippen LogP contribution < -0.4 is 5.32 Å². The number of aliphatic carboxylic acids is 1. The van der Waals surface area contributed by atoms with E-state index in [9.17, 15) is 14.4 Å². The molecule has 1 heterocycles. The molecule has 2 amide bonds. The van der Waals surface area contributed by atoms with E-state index in [1.165, 1.54) is 7.11 Å². The van der Waals surface area contributed by atoms with Crippen molar-refractivity contribution in [3.63, 3.8) is 0 Å². The van der Waals surface area contributed by atoms with Gasteiger partial charge in [0.05, 0.1) is 19.6 Å². The Hall–Kier alpha value is -1.83. The lowest BCUT2D eigenvalue weighted by atomic mass is 10.1. The zero-order valence-electron chi connectivity index (χ0n) is 11.5. The molecule has 0 aromatic rings. The molecule has 0 aromatic heterocycles. The predicted molar refractivity (Wildman–Crippen MR) is 68.2 cm³/mol. The van der Waals surface area contributed by atoms with Crippen LogP contribution in [0.4, 0.5) is 4.79 Å². The van der Waals surface area contributed by atoms with Crippen LogP contribution in [0.25, 0.3) is 0 Å². The predicted octanol–water partition coefficient (Wildman–Crippen LogP) is -0.175. The fourth-order valence-corrected chi connectivity index (χ4v) is 1.90. The Morgan fingerprint density at radius 1 is 1.30 bits per heavy atom. The molecule has 1 saturated heterocycles. The molecule has 0 bridgehead atoms. The van der Waals surface area contributed by atoms with Gasteiger partial charge < -0.3 is 24.8 Å². The largest absolute Gasteiger partial charge is 0.480 e. The smallest absolute Gasteiger partial charge is 0.329 e. The van der Waals surface area contributed by atoms with Gasteiger partial charge in [0.15, 0.2) is 0 Å². The van der Waals surface area contributed by atoms with Crippen LogP contribution >= 0.6 is 0 Å². The molecule has 1 fully saturated rings. The van der Waals surface area contributed by atoms with E-state index in [0.717, 1.165) is 0 Å². The summed E-state index contributed by atoms with van der Waals surface area (Å²) in [4.78, 5) is 34.7. The molecule has 114 valence electrons. The molecule has 1 aliphatic heterocycles. The average molecular weight is 288 g/mol. The average Bonchev–Trinajstić information content (AvgIpc) is 2.45. The van der Waals surface area contributed by atoms with E-state index in [4.69, 9.17) is 9.84 Å². The van der Waals surface area contributed by atoms with E-state index in [-0.39, 0.29) is 37.7 Å². The van der Waals surface area contributed by atoms with Gasteiger partial charge in [-0.05, 0) is 12.8 Å². The number of methoxy groups -OCH3 is 1. The highest BCUT2D eigenvalue weighted by Gasteiger charge is 2.23. The molecule has 8 heteroatoms. The number of likely N-dealkylation sites (tertiary alicyclic amines) is 1. The Morgan fingerprint density at radius 3 is 2.50 bits per heavy atom. The van der Waals surface area contributed by atoms with E-state index in [1.807, 2.05) is 0 Å². The van der Waals surface area contributed by atoms with Gasteiger partial charge in [-0.2, -0.15) is 0 Å². The van der Waals surface area contributed by atoms with Gasteiger partial charge >= 0.3 is 18.0 Å². The lowest BCUT2D eigenvalue weighted by Gasteiger charge is -2.31. The highest BCUT2D eigenvalue weighted by molar-refractivity contribution is 5.75. The molecule has 0 aromatic carbocycles. The third-order valence-electron chi connectivity index (χ3n) is 3.00. The van der Waals surface area contributed by atoms with Crippen molar-refractivity contribution in [2.45, 2.75) is 25.4 Å². The molecule has 0 atom stereocenters. The number of amides is 2. The number of piperidine rings is 1. The van der Waals surface area contributed by atoms with Crippen LogP contribution in [0.1, 0.15) is 19.3 Å². The fraction of sp³-hybridized carbons (Fsp3) is 0.750. The minimum Gasteiger partial charge on any atom is -0.480 e. The number of carboxylic acids is 1. The summed E-state index contributed by atoms with van der Waals surface area (Å²) in [5, 5.41) is 11.1. The number of carboxylic acid groups (broad SMARTS) is 1. The quantitative estimate of drug-likeness (QED) is 0.657. The minimum absolute atomic E-state index is 0.120. The van der Waals surface area contributed by atoms with Crippen molar-refractivity contribution >= 4 is 18.0 Å².